The number of halogens is 4. The van der Waals surface area contributed by atoms with Crippen molar-refractivity contribution in [1.82, 2.24) is 10.3 Å². The van der Waals surface area contributed by atoms with E-state index in [-0.39, 0.29) is 18.3 Å². The molecule has 0 aliphatic carbocycles. The van der Waals surface area contributed by atoms with Crippen LogP contribution in [0.4, 0.5) is 13.2 Å². The summed E-state index contributed by atoms with van der Waals surface area (Å²) in [6.07, 6.45) is -3.53. The van der Waals surface area contributed by atoms with E-state index in [1.54, 1.807) is 12.1 Å². The predicted octanol–water partition coefficient (Wildman–Crippen LogP) is 3.75. The minimum atomic E-state index is -4.40. The molecule has 1 fully saturated rings. The Labute approximate surface area is 120 Å². The van der Waals surface area contributed by atoms with Crippen molar-refractivity contribution in [2.75, 3.05) is 13.1 Å². The van der Waals surface area contributed by atoms with Crippen LogP contribution in [-0.2, 0) is 6.18 Å². The molecule has 0 radical (unpaired) electrons. The molecule has 20 heavy (non-hydrogen) atoms. The van der Waals surface area contributed by atoms with Gasteiger partial charge in [0.05, 0.1) is 5.52 Å². The molecular weight excluding hydrogens is 289 g/mol. The summed E-state index contributed by atoms with van der Waals surface area (Å²) >= 11 is 0. The lowest BCUT2D eigenvalue weighted by atomic mass is 9.94. The van der Waals surface area contributed by atoms with Crippen molar-refractivity contribution in [3.63, 3.8) is 0 Å². The second-order valence-corrected chi connectivity index (χ2v) is 4.80. The third kappa shape index (κ3) is 2.74. The largest absolute Gasteiger partial charge is 0.433 e. The minimum Gasteiger partial charge on any atom is -0.316 e. The summed E-state index contributed by atoms with van der Waals surface area (Å²) in [5.74, 6) is 0.133. The van der Waals surface area contributed by atoms with Gasteiger partial charge in [0, 0.05) is 11.9 Å². The van der Waals surface area contributed by atoms with E-state index >= 15 is 0 Å². The van der Waals surface area contributed by atoms with Gasteiger partial charge >= 0.3 is 6.18 Å². The average Bonchev–Trinajstić information content (AvgIpc) is 2.90. The molecule has 0 saturated carbocycles. The molecule has 0 bridgehead atoms. The summed E-state index contributed by atoms with van der Waals surface area (Å²) in [4.78, 5) is 3.73. The van der Waals surface area contributed by atoms with Gasteiger partial charge in [-0.2, -0.15) is 13.2 Å². The van der Waals surface area contributed by atoms with Crippen molar-refractivity contribution in [1.29, 1.82) is 0 Å². The Bertz CT molecular complexity index is 607. The lowest BCUT2D eigenvalue weighted by molar-refractivity contribution is -0.141. The van der Waals surface area contributed by atoms with Gasteiger partial charge in [-0.3, -0.25) is 0 Å². The quantitative estimate of drug-likeness (QED) is 0.868. The Morgan fingerprint density at radius 2 is 1.95 bits per heavy atom. The highest BCUT2D eigenvalue weighted by Crippen LogP contribution is 2.35. The Hall–Kier alpha value is -1.33. The van der Waals surface area contributed by atoms with Crippen molar-refractivity contribution in [3.8, 4) is 0 Å². The number of alkyl halides is 3. The molecule has 1 aromatic carbocycles. The first-order chi connectivity index (χ1) is 9.05. The molecule has 0 spiro atoms. The maximum atomic E-state index is 12.9. The van der Waals surface area contributed by atoms with Crippen LogP contribution in [0.1, 0.15) is 23.6 Å². The van der Waals surface area contributed by atoms with Crippen LogP contribution in [0.25, 0.3) is 10.9 Å². The van der Waals surface area contributed by atoms with Crippen LogP contribution < -0.4 is 5.32 Å². The monoisotopic (exact) mass is 302 g/mol. The van der Waals surface area contributed by atoms with Gasteiger partial charge in [-0.25, -0.2) is 4.98 Å². The number of aromatic nitrogens is 1. The van der Waals surface area contributed by atoms with Crippen LogP contribution in [-0.4, -0.2) is 18.1 Å². The normalized spacial score (nSPS) is 19.1. The number of pyridine rings is 1. The van der Waals surface area contributed by atoms with E-state index in [2.05, 4.69) is 10.3 Å². The summed E-state index contributed by atoms with van der Waals surface area (Å²) in [5.41, 5.74) is 0.371. The lowest BCUT2D eigenvalue weighted by Crippen LogP contribution is -2.12. The number of nitrogens with zero attached hydrogens (tertiary/aromatic N) is 1. The van der Waals surface area contributed by atoms with E-state index in [0.29, 0.717) is 5.52 Å². The smallest absolute Gasteiger partial charge is 0.316 e. The summed E-state index contributed by atoms with van der Waals surface area (Å²) in [5, 5.41) is 4.02. The molecule has 108 valence electrons. The summed E-state index contributed by atoms with van der Waals surface area (Å²) in [6.45, 7) is 1.58. The topological polar surface area (TPSA) is 24.9 Å². The maximum Gasteiger partial charge on any atom is 0.433 e. The van der Waals surface area contributed by atoms with Gasteiger partial charge in [0.2, 0.25) is 0 Å². The van der Waals surface area contributed by atoms with E-state index in [4.69, 9.17) is 0 Å². The molecule has 2 nitrogen and oxygen atoms in total. The SMILES string of the molecule is Cl.FC(F)(F)c1cc(C2CCNC2)c2ccccc2n1. The number of hydrogen-bond donors (Lipinski definition) is 1. The zero-order valence-electron chi connectivity index (χ0n) is 10.6. The molecule has 1 saturated heterocycles. The van der Waals surface area contributed by atoms with E-state index in [1.165, 1.54) is 6.07 Å². The second kappa shape index (κ2) is 5.58. The van der Waals surface area contributed by atoms with Crippen molar-refractivity contribution in [2.45, 2.75) is 18.5 Å². The van der Waals surface area contributed by atoms with Crippen molar-refractivity contribution in [3.05, 3.63) is 41.6 Å². The number of hydrogen-bond acceptors (Lipinski definition) is 2. The molecule has 6 heteroatoms. The van der Waals surface area contributed by atoms with Crippen LogP contribution in [0.15, 0.2) is 30.3 Å². The fourth-order valence-corrected chi connectivity index (χ4v) is 2.61. The first kappa shape index (κ1) is 15.1. The van der Waals surface area contributed by atoms with Gasteiger partial charge in [0.25, 0.3) is 0 Å². The fraction of sp³-hybridized carbons (Fsp3) is 0.357. The van der Waals surface area contributed by atoms with Gasteiger partial charge < -0.3 is 5.32 Å². The molecule has 1 aliphatic heterocycles. The Morgan fingerprint density at radius 1 is 1.20 bits per heavy atom. The van der Waals surface area contributed by atoms with Crippen molar-refractivity contribution >= 4 is 23.3 Å². The van der Waals surface area contributed by atoms with Gasteiger partial charge in [-0.05, 0) is 36.6 Å². The van der Waals surface area contributed by atoms with Crippen LogP contribution in [0, 0.1) is 0 Å². The number of nitrogens with one attached hydrogen (secondary N) is 1. The second-order valence-electron chi connectivity index (χ2n) is 4.80. The number of para-hydroxylation sites is 1. The zero-order chi connectivity index (χ0) is 13.5. The third-order valence-electron chi connectivity index (χ3n) is 3.54. The molecular formula is C14H14ClF3N2. The highest BCUT2D eigenvalue weighted by Gasteiger charge is 2.34. The highest BCUT2D eigenvalue weighted by atomic mass is 35.5. The van der Waals surface area contributed by atoms with E-state index in [9.17, 15) is 13.2 Å². The standard InChI is InChI=1S/C14H13F3N2.ClH/c15-14(16,17)13-7-11(9-5-6-18-8-9)10-3-1-2-4-12(10)19-13;/h1-4,7,9,18H,5-6,8H2;1H. The van der Waals surface area contributed by atoms with Crippen molar-refractivity contribution in [2.24, 2.45) is 0 Å². The van der Waals surface area contributed by atoms with Crippen LogP contribution >= 0.6 is 12.4 Å². The van der Waals surface area contributed by atoms with Gasteiger partial charge in [-0.15, -0.1) is 12.4 Å². The fourth-order valence-electron chi connectivity index (χ4n) is 2.61. The van der Waals surface area contributed by atoms with E-state index in [1.807, 2.05) is 12.1 Å². The van der Waals surface area contributed by atoms with Gasteiger partial charge in [0.15, 0.2) is 0 Å². The molecule has 1 unspecified atom stereocenters. The molecule has 0 amide bonds. The molecule has 1 aliphatic rings. The van der Waals surface area contributed by atoms with Crippen molar-refractivity contribution < 1.29 is 13.2 Å². The van der Waals surface area contributed by atoms with E-state index < -0.39 is 11.9 Å². The molecule has 2 heterocycles. The Kier molecular flexibility index (Phi) is 4.20. The number of fused-ring (bicyclic) bond motifs is 1. The molecule has 1 aromatic heterocycles. The van der Waals surface area contributed by atoms with E-state index in [0.717, 1.165) is 30.5 Å². The average molecular weight is 303 g/mol. The first-order valence-electron chi connectivity index (χ1n) is 6.23. The molecule has 1 N–H and O–H groups in total. The first-order valence-corrected chi connectivity index (χ1v) is 6.23. The summed E-state index contributed by atoms with van der Waals surface area (Å²) in [7, 11) is 0. The summed E-state index contributed by atoms with van der Waals surface area (Å²) in [6, 6.07) is 8.24. The minimum absolute atomic E-state index is 0. The van der Waals surface area contributed by atoms with Crippen LogP contribution in [0.2, 0.25) is 0 Å². The lowest BCUT2D eigenvalue weighted by Gasteiger charge is -2.15. The Balaban J connectivity index is 0.00000147. The van der Waals surface area contributed by atoms with Gasteiger partial charge in [0.1, 0.15) is 5.69 Å². The molecule has 3 rings (SSSR count). The van der Waals surface area contributed by atoms with Crippen LogP contribution in [0.3, 0.4) is 0 Å². The number of benzene rings is 1. The third-order valence-corrected chi connectivity index (χ3v) is 3.54. The molecule has 1 atom stereocenters. The number of rotatable bonds is 1. The zero-order valence-corrected chi connectivity index (χ0v) is 11.4. The predicted molar refractivity (Wildman–Crippen MR) is 74.2 cm³/mol. The van der Waals surface area contributed by atoms with Gasteiger partial charge in [-0.1, -0.05) is 18.2 Å². The molecule has 2 aromatic rings. The highest BCUT2D eigenvalue weighted by molar-refractivity contribution is 5.85. The Morgan fingerprint density at radius 3 is 2.60 bits per heavy atom. The summed E-state index contributed by atoms with van der Waals surface area (Å²) < 4.78 is 38.7. The maximum absolute atomic E-state index is 12.9. The van der Waals surface area contributed by atoms with Crippen LogP contribution in [0.5, 0.6) is 0 Å².